The molecule has 0 bridgehead atoms. The van der Waals surface area contributed by atoms with Gasteiger partial charge in [0.2, 0.25) is 0 Å². The van der Waals surface area contributed by atoms with Crippen LogP contribution in [0.2, 0.25) is 0 Å². The molecular formula is C24H23FN2O4. The zero-order valence-corrected chi connectivity index (χ0v) is 17.2. The van der Waals surface area contributed by atoms with Gasteiger partial charge in [-0.15, -0.1) is 0 Å². The number of ether oxygens (including phenoxy) is 2. The van der Waals surface area contributed by atoms with Crippen LogP contribution in [0, 0.1) is 17.1 Å². The maximum Gasteiger partial charge on any atom is 0.346 e. The van der Waals surface area contributed by atoms with Gasteiger partial charge >= 0.3 is 5.97 Å². The molecule has 1 amide bonds. The lowest BCUT2D eigenvalue weighted by molar-refractivity contribution is -0.117. The number of esters is 1. The third kappa shape index (κ3) is 5.70. The fraction of sp³-hybridized carbons (Fsp3) is 0.292. The average Bonchev–Trinajstić information content (AvgIpc) is 2.79. The molecular weight excluding hydrogens is 399 g/mol. The van der Waals surface area contributed by atoms with Crippen LogP contribution in [0.25, 0.3) is 6.08 Å². The Balaban J connectivity index is 1.76. The first kappa shape index (κ1) is 22.0. The van der Waals surface area contributed by atoms with E-state index >= 15 is 0 Å². The molecule has 1 N–H and O–H groups in total. The molecule has 3 rings (SSSR count). The number of carbonyl (C=O) groups is 2. The van der Waals surface area contributed by atoms with Gasteiger partial charge in [0, 0.05) is 6.04 Å². The lowest BCUT2D eigenvalue weighted by Gasteiger charge is -2.22. The number of carbonyl (C=O) groups excluding carboxylic acids is 2. The van der Waals surface area contributed by atoms with Crippen molar-refractivity contribution in [3.63, 3.8) is 0 Å². The van der Waals surface area contributed by atoms with Gasteiger partial charge in [0.1, 0.15) is 17.5 Å². The van der Waals surface area contributed by atoms with E-state index < -0.39 is 17.7 Å². The van der Waals surface area contributed by atoms with Crippen LogP contribution in [0.5, 0.6) is 11.5 Å². The summed E-state index contributed by atoms with van der Waals surface area (Å²) in [6.45, 7) is 0. The fourth-order valence-electron chi connectivity index (χ4n) is 3.47. The molecule has 0 heterocycles. The molecule has 31 heavy (non-hydrogen) atoms. The van der Waals surface area contributed by atoms with Crippen LogP contribution in [0.3, 0.4) is 0 Å². The highest BCUT2D eigenvalue weighted by Gasteiger charge is 2.19. The number of hydrogen-bond donors (Lipinski definition) is 1. The van der Waals surface area contributed by atoms with Crippen LogP contribution in [-0.4, -0.2) is 25.0 Å². The lowest BCUT2D eigenvalue weighted by Crippen LogP contribution is -2.36. The van der Waals surface area contributed by atoms with Gasteiger partial charge < -0.3 is 14.8 Å². The summed E-state index contributed by atoms with van der Waals surface area (Å²) >= 11 is 0. The SMILES string of the molecule is COc1cc(/C=C(\C#N)C(=O)NC2CCCCC2)ccc1OC(=O)c1ccccc1F. The summed E-state index contributed by atoms with van der Waals surface area (Å²) in [5.74, 6) is -1.65. The quantitative estimate of drug-likeness (QED) is 0.322. The van der Waals surface area contributed by atoms with Gasteiger partial charge in [-0.05, 0) is 48.7 Å². The van der Waals surface area contributed by atoms with Crippen LogP contribution >= 0.6 is 0 Å². The Hall–Kier alpha value is -3.66. The first-order chi connectivity index (χ1) is 15.0. The average molecular weight is 422 g/mol. The Morgan fingerprint density at radius 3 is 2.55 bits per heavy atom. The standard InChI is InChI=1S/C24H23FN2O4/c1-30-22-14-16(13-17(15-26)23(28)27-18-7-3-2-4-8-18)11-12-21(22)31-24(29)19-9-5-6-10-20(19)25/h5-6,9-14,18H,2-4,7-8H2,1H3,(H,27,28)/b17-13+. The predicted molar refractivity (Wildman–Crippen MR) is 113 cm³/mol. The summed E-state index contributed by atoms with van der Waals surface area (Å²) in [7, 11) is 1.39. The molecule has 6 nitrogen and oxygen atoms in total. The highest BCUT2D eigenvalue weighted by molar-refractivity contribution is 6.02. The van der Waals surface area contributed by atoms with E-state index in [-0.39, 0.29) is 28.7 Å². The Bertz CT molecular complexity index is 1040. The maximum absolute atomic E-state index is 13.8. The molecule has 1 aliphatic carbocycles. The Morgan fingerprint density at radius 2 is 1.87 bits per heavy atom. The van der Waals surface area contributed by atoms with Crippen LogP contribution in [0.1, 0.15) is 48.0 Å². The maximum atomic E-state index is 13.8. The molecule has 1 aliphatic rings. The van der Waals surface area contributed by atoms with Gasteiger partial charge in [-0.1, -0.05) is 37.5 Å². The van der Waals surface area contributed by atoms with Gasteiger partial charge in [-0.2, -0.15) is 5.26 Å². The number of methoxy groups -OCH3 is 1. The number of nitriles is 1. The van der Waals surface area contributed by atoms with Gasteiger partial charge in [0.05, 0.1) is 12.7 Å². The minimum Gasteiger partial charge on any atom is -0.493 e. The summed E-state index contributed by atoms with van der Waals surface area (Å²) in [5, 5.41) is 12.3. The molecule has 2 aromatic carbocycles. The van der Waals surface area contributed by atoms with Crippen molar-refractivity contribution in [3.05, 3.63) is 65.0 Å². The van der Waals surface area contributed by atoms with Crippen molar-refractivity contribution in [1.82, 2.24) is 5.32 Å². The number of nitrogens with zero attached hydrogens (tertiary/aromatic N) is 1. The van der Waals surface area contributed by atoms with E-state index in [9.17, 15) is 19.2 Å². The Morgan fingerprint density at radius 1 is 1.13 bits per heavy atom. The van der Waals surface area contributed by atoms with Crippen molar-refractivity contribution in [2.75, 3.05) is 7.11 Å². The van der Waals surface area contributed by atoms with Crippen molar-refractivity contribution in [2.45, 2.75) is 38.1 Å². The molecule has 0 unspecified atom stereocenters. The minimum absolute atomic E-state index is 0.0243. The second-order valence-corrected chi connectivity index (χ2v) is 7.26. The monoisotopic (exact) mass is 422 g/mol. The molecule has 0 spiro atoms. The van der Waals surface area contributed by atoms with Gasteiger partial charge in [0.25, 0.3) is 5.91 Å². The first-order valence-corrected chi connectivity index (χ1v) is 10.1. The number of nitrogens with one attached hydrogen (secondary N) is 1. The molecule has 0 aliphatic heterocycles. The summed E-state index contributed by atoms with van der Waals surface area (Å²) < 4.78 is 24.3. The van der Waals surface area contributed by atoms with Crippen molar-refractivity contribution in [1.29, 1.82) is 5.26 Å². The Labute approximate surface area is 180 Å². The number of halogens is 1. The molecule has 2 aromatic rings. The van der Waals surface area contributed by atoms with Crippen LogP contribution in [0.15, 0.2) is 48.0 Å². The highest BCUT2D eigenvalue weighted by atomic mass is 19.1. The van der Waals surface area contributed by atoms with Crippen molar-refractivity contribution in [2.24, 2.45) is 0 Å². The summed E-state index contributed by atoms with van der Waals surface area (Å²) in [6, 6.07) is 12.1. The predicted octanol–water partition coefficient (Wildman–Crippen LogP) is 4.41. The molecule has 7 heteroatoms. The van der Waals surface area contributed by atoms with Gasteiger partial charge in [0.15, 0.2) is 11.5 Å². The van der Waals surface area contributed by atoms with Crippen molar-refractivity contribution < 1.29 is 23.5 Å². The second kappa shape index (κ2) is 10.4. The normalized spacial score (nSPS) is 14.4. The van der Waals surface area contributed by atoms with E-state index in [2.05, 4.69) is 5.32 Å². The van der Waals surface area contributed by atoms with E-state index in [1.807, 2.05) is 6.07 Å². The topological polar surface area (TPSA) is 88.4 Å². The van der Waals surface area contributed by atoms with Gasteiger partial charge in [-0.25, -0.2) is 9.18 Å². The molecule has 0 aromatic heterocycles. The molecule has 160 valence electrons. The summed E-state index contributed by atoms with van der Waals surface area (Å²) in [5.41, 5.74) is 0.307. The number of benzene rings is 2. The zero-order valence-electron chi connectivity index (χ0n) is 17.2. The molecule has 0 saturated heterocycles. The van der Waals surface area contributed by atoms with Crippen molar-refractivity contribution in [3.8, 4) is 17.6 Å². The third-order valence-corrected chi connectivity index (χ3v) is 5.10. The van der Waals surface area contributed by atoms with Crippen LogP contribution in [-0.2, 0) is 4.79 Å². The first-order valence-electron chi connectivity index (χ1n) is 10.1. The third-order valence-electron chi connectivity index (χ3n) is 5.10. The lowest BCUT2D eigenvalue weighted by atomic mass is 9.95. The summed E-state index contributed by atoms with van der Waals surface area (Å²) in [4.78, 5) is 24.7. The van der Waals surface area contributed by atoms with E-state index in [0.29, 0.717) is 5.56 Å². The minimum atomic E-state index is -0.857. The van der Waals surface area contributed by atoms with Gasteiger partial charge in [-0.3, -0.25) is 4.79 Å². The molecule has 1 fully saturated rings. The Kier molecular flexibility index (Phi) is 7.39. The second-order valence-electron chi connectivity index (χ2n) is 7.26. The summed E-state index contributed by atoms with van der Waals surface area (Å²) in [6.07, 6.45) is 6.59. The van der Waals surface area contributed by atoms with E-state index in [1.54, 1.807) is 6.07 Å². The number of rotatable bonds is 6. The largest absolute Gasteiger partial charge is 0.493 e. The van der Waals surface area contributed by atoms with Crippen LogP contribution < -0.4 is 14.8 Å². The smallest absolute Gasteiger partial charge is 0.346 e. The van der Waals surface area contributed by atoms with Crippen LogP contribution in [0.4, 0.5) is 4.39 Å². The zero-order chi connectivity index (χ0) is 22.2. The molecule has 0 radical (unpaired) electrons. The van der Waals surface area contributed by atoms with E-state index in [1.165, 1.54) is 56.0 Å². The highest BCUT2D eigenvalue weighted by Crippen LogP contribution is 2.30. The molecule has 1 saturated carbocycles. The van der Waals surface area contributed by atoms with Crippen molar-refractivity contribution >= 4 is 18.0 Å². The number of hydrogen-bond acceptors (Lipinski definition) is 5. The fourth-order valence-corrected chi connectivity index (χ4v) is 3.47. The number of amides is 1. The van der Waals surface area contributed by atoms with E-state index in [0.717, 1.165) is 25.7 Å². The molecule has 0 atom stereocenters. The van der Waals surface area contributed by atoms with E-state index in [4.69, 9.17) is 9.47 Å².